The van der Waals surface area contributed by atoms with Gasteiger partial charge in [0.25, 0.3) is 5.91 Å². The first-order chi connectivity index (χ1) is 11.7. The number of aromatic nitrogens is 5. The Morgan fingerprint density at radius 3 is 3.08 bits per heavy atom. The van der Waals surface area contributed by atoms with Crippen LogP contribution in [-0.4, -0.2) is 43.5 Å². The lowest BCUT2D eigenvalue weighted by Gasteiger charge is -2.30. The maximum atomic E-state index is 12.5. The molecule has 2 aromatic heterocycles. The molecular formula is C16H18N6O2. The van der Waals surface area contributed by atoms with Gasteiger partial charge in [-0.2, -0.15) is 15.4 Å². The fraction of sp³-hybridized carbons (Fsp3) is 0.375. The zero-order valence-corrected chi connectivity index (χ0v) is 13.3. The molecule has 8 nitrogen and oxygen atoms in total. The quantitative estimate of drug-likeness (QED) is 0.757. The summed E-state index contributed by atoms with van der Waals surface area (Å²) in [4.78, 5) is 16.6. The van der Waals surface area contributed by atoms with Crippen molar-refractivity contribution in [1.29, 1.82) is 0 Å². The average molecular weight is 326 g/mol. The summed E-state index contributed by atoms with van der Waals surface area (Å²) in [7, 11) is 1.95. The summed E-state index contributed by atoms with van der Waals surface area (Å²) >= 11 is 0. The smallest absolute Gasteiger partial charge is 0.251 e. The minimum absolute atomic E-state index is 0.0467. The molecule has 24 heavy (non-hydrogen) atoms. The van der Waals surface area contributed by atoms with Gasteiger partial charge in [0.2, 0.25) is 0 Å². The number of fused-ring (bicyclic) bond motifs is 1. The van der Waals surface area contributed by atoms with Gasteiger partial charge in [-0.05, 0) is 31.0 Å². The Balaban J connectivity index is 1.46. The van der Waals surface area contributed by atoms with Crippen molar-refractivity contribution in [2.24, 2.45) is 7.05 Å². The molecule has 1 aromatic carbocycles. The molecule has 1 amide bonds. The molecule has 0 aliphatic carbocycles. The SMILES string of the molecule is Cn1cncc1[C@H]1C[C@H](NC(=O)c2ccc3n[nH]nc3c2)CCO1. The van der Waals surface area contributed by atoms with Crippen LogP contribution in [0, 0.1) is 0 Å². The fourth-order valence-corrected chi connectivity index (χ4v) is 3.06. The largest absolute Gasteiger partial charge is 0.372 e. The predicted octanol–water partition coefficient (Wildman–Crippen LogP) is 1.34. The highest BCUT2D eigenvalue weighted by Crippen LogP contribution is 2.27. The minimum atomic E-state index is -0.101. The molecule has 1 fully saturated rings. The van der Waals surface area contributed by atoms with Crippen LogP contribution in [-0.2, 0) is 11.8 Å². The van der Waals surface area contributed by atoms with Crippen LogP contribution in [0.25, 0.3) is 11.0 Å². The van der Waals surface area contributed by atoms with E-state index in [1.54, 1.807) is 24.5 Å². The first kappa shape index (κ1) is 14.8. The molecule has 124 valence electrons. The summed E-state index contributed by atoms with van der Waals surface area (Å²) in [5.41, 5.74) is 3.04. The fourth-order valence-electron chi connectivity index (χ4n) is 3.06. The van der Waals surface area contributed by atoms with E-state index in [0.717, 1.165) is 24.1 Å². The van der Waals surface area contributed by atoms with Gasteiger partial charge in [0.05, 0.1) is 18.2 Å². The standard InChI is InChI=1S/C16H18N6O2/c1-22-9-17-8-14(22)15-7-11(4-5-24-15)18-16(23)10-2-3-12-13(6-10)20-21-19-12/h2-3,6,8-9,11,15H,4-5,7H2,1H3,(H,18,23)(H,19,20,21)/t11-,15-/m1/s1. The van der Waals surface area contributed by atoms with E-state index in [1.165, 1.54) is 0 Å². The number of carbonyl (C=O) groups is 1. The molecule has 1 saturated heterocycles. The zero-order valence-electron chi connectivity index (χ0n) is 13.3. The van der Waals surface area contributed by atoms with Gasteiger partial charge >= 0.3 is 0 Å². The number of rotatable bonds is 3. The van der Waals surface area contributed by atoms with Crippen molar-refractivity contribution < 1.29 is 9.53 Å². The first-order valence-electron chi connectivity index (χ1n) is 7.90. The minimum Gasteiger partial charge on any atom is -0.372 e. The van der Waals surface area contributed by atoms with Crippen molar-refractivity contribution in [2.75, 3.05) is 6.61 Å². The highest BCUT2D eigenvalue weighted by Gasteiger charge is 2.27. The maximum absolute atomic E-state index is 12.5. The van der Waals surface area contributed by atoms with Gasteiger partial charge in [-0.1, -0.05) is 0 Å². The third-order valence-electron chi connectivity index (χ3n) is 4.38. The van der Waals surface area contributed by atoms with Crippen molar-refractivity contribution >= 4 is 16.9 Å². The topological polar surface area (TPSA) is 97.7 Å². The zero-order chi connectivity index (χ0) is 16.5. The highest BCUT2D eigenvalue weighted by atomic mass is 16.5. The van der Waals surface area contributed by atoms with Crippen molar-refractivity contribution in [1.82, 2.24) is 30.3 Å². The Labute approximate surface area is 138 Å². The Morgan fingerprint density at radius 2 is 2.25 bits per heavy atom. The number of aromatic amines is 1. The van der Waals surface area contributed by atoms with Crippen LogP contribution >= 0.6 is 0 Å². The van der Waals surface area contributed by atoms with E-state index in [0.29, 0.717) is 17.7 Å². The average Bonchev–Trinajstić information content (AvgIpc) is 3.22. The molecule has 0 saturated carbocycles. The number of nitrogens with zero attached hydrogens (tertiary/aromatic N) is 4. The Hall–Kier alpha value is -2.74. The van der Waals surface area contributed by atoms with E-state index < -0.39 is 0 Å². The molecule has 3 heterocycles. The summed E-state index contributed by atoms with van der Waals surface area (Å²) in [5, 5.41) is 13.7. The van der Waals surface area contributed by atoms with Crippen molar-refractivity contribution in [3.05, 3.63) is 42.0 Å². The van der Waals surface area contributed by atoms with E-state index in [4.69, 9.17) is 4.74 Å². The number of nitrogens with one attached hydrogen (secondary N) is 2. The van der Waals surface area contributed by atoms with Gasteiger partial charge in [0, 0.05) is 25.3 Å². The number of aryl methyl sites for hydroxylation is 1. The number of benzene rings is 1. The van der Waals surface area contributed by atoms with Gasteiger partial charge in [-0.15, -0.1) is 0 Å². The molecule has 2 N–H and O–H groups in total. The first-order valence-corrected chi connectivity index (χ1v) is 7.90. The Bertz CT molecular complexity index is 870. The lowest BCUT2D eigenvalue weighted by molar-refractivity contribution is -0.00301. The summed E-state index contributed by atoms with van der Waals surface area (Å²) in [6.07, 6.45) is 5.06. The molecule has 0 radical (unpaired) electrons. The normalized spacial score (nSPS) is 21.0. The number of hydrogen-bond donors (Lipinski definition) is 2. The predicted molar refractivity (Wildman–Crippen MR) is 86.3 cm³/mol. The van der Waals surface area contributed by atoms with E-state index >= 15 is 0 Å². The molecule has 1 aliphatic heterocycles. The van der Waals surface area contributed by atoms with Crippen LogP contribution in [0.3, 0.4) is 0 Å². The summed E-state index contributed by atoms with van der Waals surface area (Å²) in [6.45, 7) is 0.614. The van der Waals surface area contributed by atoms with Crippen molar-refractivity contribution in [2.45, 2.75) is 25.0 Å². The lowest BCUT2D eigenvalue weighted by Crippen LogP contribution is -2.40. The number of hydrogen-bond acceptors (Lipinski definition) is 5. The Morgan fingerprint density at radius 1 is 1.38 bits per heavy atom. The molecule has 4 rings (SSSR count). The second-order valence-corrected chi connectivity index (χ2v) is 6.01. The van der Waals surface area contributed by atoms with Gasteiger partial charge in [0.1, 0.15) is 17.1 Å². The number of H-pyrrole nitrogens is 1. The third kappa shape index (κ3) is 2.76. The molecule has 1 aliphatic rings. The second-order valence-electron chi connectivity index (χ2n) is 6.01. The van der Waals surface area contributed by atoms with Crippen LogP contribution < -0.4 is 5.32 Å². The van der Waals surface area contributed by atoms with E-state index in [1.807, 2.05) is 17.8 Å². The summed E-state index contributed by atoms with van der Waals surface area (Å²) < 4.78 is 7.79. The van der Waals surface area contributed by atoms with Crippen LogP contribution in [0.15, 0.2) is 30.7 Å². The van der Waals surface area contributed by atoms with Crippen molar-refractivity contribution in [3.8, 4) is 0 Å². The molecule has 0 unspecified atom stereocenters. The second kappa shape index (κ2) is 6.04. The molecule has 3 aromatic rings. The van der Waals surface area contributed by atoms with E-state index in [9.17, 15) is 4.79 Å². The van der Waals surface area contributed by atoms with Gasteiger partial charge in [-0.3, -0.25) is 4.79 Å². The van der Waals surface area contributed by atoms with Crippen molar-refractivity contribution in [3.63, 3.8) is 0 Å². The molecule has 0 spiro atoms. The number of imidazole rings is 1. The molecule has 2 atom stereocenters. The van der Waals surface area contributed by atoms with Gasteiger partial charge < -0.3 is 14.6 Å². The number of carbonyl (C=O) groups excluding carboxylic acids is 1. The Kier molecular flexibility index (Phi) is 3.73. The summed E-state index contributed by atoms with van der Waals surface area (Å²) in [6, 6.07) is 5.36. The van der Waals surface area contributed by atoms with E-state index in [2.05, 4.69) is 25.7 Å². The van der Waals surface area contributed by atoms with Gasteiger partial charge in [-0.25, -0.2) is 4.98 Å². The number of amides is 1. The monoisotopic (exact) mass is 326 g/mol. The van der Waals surface area contributed by atoms with E-state index in [-0.39, 0.29) is 18.1 Å². The maximum Gasteiger partial charge on any atom is 0.251 e. The van der Waals surface area contributed by atoms with Crippen LogP contribution in [0.1, 0.15) is 35.0 Å². The van der Waals surface area contributed by atoms with Crippen LogP contribution in [0.5, 0.6) is 0 Å². The third-order valence-corrected chi connectivity index (χ3v) is 4.38. The molecular weight excluding hydrogens is 308 g/mol. The van der Waals surface area contributed by atoms with Crippen LogP contribution in [0.2, 0.25) is 0 Å². The highest BCUT2D eigenvalue weighted by molar-refractivity contribution is 5.97. The lowest BCUT2D eigenvalue weighted by atomic mass is 10.0. The molecule has 8 heteroatoms. The van der Waals surface area contributed by atoms with Crippen LogP contribution in [0.4, 0.5) is 0 Å². The molecule has 0 bridgehead atoms. The summed E-state index contributed by atoms with van der Waals surface area (Å²) in [5.74, 6) is -0.101. The van der Waals surface area contributed by atoms with Gasteiger partial charge in [0.15, 0.2) is 0 Å². The number of ether oxygens (including phenoxy) is 1.